The van der Waals surface area contributed by atoms with Crippen molar-refractivity contribution >= 4 is 15.7 Å². The number of benzene rings is 1. The van der Waals surface area contributed by atoms with Gasteiger partial charge >= 0.3 is 0 Å². The second kappa shape index (κ2) is 4.60. The molecule has 20 heavy (non-hydrogen) atoms. The van der Waals surface area contributed by atoms with E-state index in [1.54, 1.807) is 31.3 Å². The first-order chi connectivity index (χ1) is 9.50. The van der Waals surface area contributed by atoms with Crippen molar-refractivity contribution in [3.63, 3.8) is 0 Å². The fourth-order valence-electron chi connectivity index (χ4n) is 2.41. The number of anilines is 1. The van der Waals surface area contributed by atoms with Crippen molar-refractivity contribution in [2.75, 3.05) is 12.3 Å². The number of nitrogens with two attached hydrogens (primary N) is 1. The molecule has 1 aliphatic rings. The summed E-state index contributed by atoms with van der Waals surface area (Å²) in [7, 11) is -3.54. The highest BCUT2D eigenvalue weighted by atomic mass is 32.2. The van der Waals surface area contributed by atoms with Gasteiger partial charge in [-0.3, -0.25) is 0 Å². The number of aromatic nitrogens is 2. The van der Waals surface area contributed by atoms with Crippen LogP contribution in [0.1, 0.15) is 11.4 Å². The topological polar surface area (TPSA) is 81.2 Å². The minimum atomic E-state index is -3.54. The second-order valence-corrected chi connectivity index (χ2v) is 6.75. The van der Waals surface area contributed by atoms with E-state index >= 15 is 0 Å². The molecule has 1 aromatic heterocycles. The Hall–Kier alpha value is -1.86. The third-order valence-electron chi connectivity index (χ3n) is 3.65. The SMILES string of the molecule is Cc1c(N)cccc1S(=O)(=O)N1CCn2ccnc2C1. The Bertz CT molecular complexity index is 751. The number of hydrogen-bond donors (Lipinski definition) is 1. The second-order valence-electron chi connectivity index (χ2n) is 4.85. The van der Waals surface area contributed by atoms with Crippen LogP contribution in [0.15, 0.2) is 35.5 Å². The molecule has 0 aliphatic carbocycles. The van der Waals surface area contributed by atoms with Crippen LogP contribution in [0.5, 0.6) is 0 Å². The summed E-state index contributed by atoms with van der Waals surface area (Å²) in [5.41, 5.74) is 6.90. The van der Waals surface area contributed by atoms with Crippen molar-refractivity contribution in [1.82, 2.24) is 13.9 Å². The van der Waals surface area contributed by atoms with Crippen molar-refractivity contribution in [2.24, 2.45) is 0 Å². The molecule has 0 amide bonds. The van der Waals surface area contributed by atoms with Gasteiger partial charge in [0.2, 0.25) is 10.0 Å². The van der Waals surface area contributed by atoms with Crippen molar-refractivity contribution in [3.05, 3.63) is 42.0 Å². The highest BCUT2D eigenvalue weighted by molar-refractivity contribution is 7.89. The first-order valence-corrected chi connectivity index (χ1v) is 7.79. The number of hydrogen-bond acceptors (Lipinski definition) is 4. The molecule has 1 aliphatic heterocycles. The number of nitrogens with zero attached hydrogens (tertiary/aromatic N) is 3. The molecule has 0 saturated heterocycles. The van der Waals surface area contributed by atoms with Gasteiger partial charge in [-0.15, -0.1) is 0 Å². The Balaban J connectivity index is 1.99. The normalized spacial score (nSPS) is 16.1. The molecule has 0 fully saturated rings. The zero-order valence-electron chi connectivity index (χ0n) is 11.2. The largest absolute Gasteiger partial charge is 0.398 e. The van der Waals surface area contributed by atoms with Gasteiger partial charge in [-0.1, -0.05) is 6.07 Å². The average Bonchev–Trinajstić information content (AvgIpc) is 2.89. The van der Waals surface area contributed by atoms with Gasteiger partial charge in [0.15, 0.2) is 0 Å². The molecular formula is C13H16N4O2S. The standard InChI is InChI=1S/C13H16N4O2S/c1-10-11(14)3-2-4-12(10)20(18,19)17-8-7-16-6-5-15-13(16)9-17/h2-6H,7-9,14H2,1H3. The van der Waals surface area contributed by atoms with E-state index in [0.717, 1.165) is 5.82 Å². The number of rotatable bonds is 2. The summed E-state index contributed by atoms with van der Waals surface area (Å²) >= 11 is 0. The van der Waals surface area contributed by atoms with Crippen LogP contribution in [0.3, 0.4) is 0 Å². The number of imidazole rings is 1. The molecule has 1 aromatic carbocycles. The number of fused-ring (bicyclic) bond motifs is 1. The van der Waals surface area contributed by atoms with E-state index in [-0.39, 0.29) is 4.90 Å². The van der Waals surface area contributed by atoms with E-state index in [9.17, 15) is 8.42 Å². The van der Waals surface area contributed by atoms with Crippen LogP contribution in [0.2, 0.25) is 0 Å². The Morgan fingerprint density at radius 2 is 2.10 bits per heavy atom. The molecule has 3 rings (SSSR count). The zero-order valence-corrected chi connectivity index (χ0v) is 12.0. The average molecular weight is 292 g/mol. The van der Waals surface area contributed by atoms with Gasteiger partial charge in [0.05, 0.1) is 11.4 Å². The molecule has 2 N–H and O–H groups in total. The van der Waals surface area contributed by atoms with Crippen molar-refractivity contribution in [1.29, 1.82) is 0 Å². The molecule has 0 spiro atoms. The van der Waals surface area contributed by atoms with E-state index < -0.39 is 10.0 Å². The summed E-state index contributed by atoms with van der Waals surface area (Å²) in [5, 5.41) is 0. The van der Waals surface area contributed by atoms with Gasteiger partial charge in [0.25, 0.3) is 0 Å². The van der Waals surface area contributed by atoms with Crippen molar-refractivity contribution in [2.45, 2.75) is 24.9 Å². The quantitative estimate of drug-likeness (QED) is 0.837. The lowest BCUT2D eigenvalue weighted by Gasteiger charge is -2.27. The summed E-state index contributed by atoms with van der Waals surface area (Å²) in [6.45, 7) is 3.09. The van der Waals surface area contributed by atoms with E-state index in [1.807, 2.05) is 10.8 Å². The fourth-order valence-corrected chi connectivity index (χ4v) is 4.05. The molecule has 0 unspecified atom stereocenters. The van der Waals surface area contributed by atoms with Crippen molar-refractivity contribution < 1.29 is 8.42 Å². The fraction of sp³-hybridized carbons (Fsp3) is 0.308. The Labute approximate surface area is 117 Å². The van der Waals surface area contributed by atoms with Crippen LogP contribution in [-0.2, 0) is 23.1 Å². The number of sulfonamides is 1. The predicted octanol–water partition coefficient (Wildman–Crippen LogP) is 0.978. The maximum Gasteiger partial charge on any atom is 0.243 e. The predicted molar refractivity (Wildman–Crippen MR) is 75.4 cm³/mol. The van der Waals surface area contributed by atoms with Crippen LogP contribution >= 0.6 is 0 Å². The molecule has 7 heteroatoms. The summed E-state index contributed by atoms with van der Waals surface area (Å²) in [4.78, 5) is 4.46. The molecule has 0 saturated carbocycles. The molecular weight excluding hydrogens is 276 g/mol. The first-order valence-electron chi connectivity index (χ1n) is 6.35. The third kappa shape index (κ3) is 1.99. The lowest BCUT2D eigenvalue weighted by Crippen LogP contribution is -2.38. The van der Waals surface area contributed by atoms with Gasteiger partial charge < -0.3 is 10.3 Å². The van der Waals surface area contributed by atoms with Crippen LogP contribution in [0, 0.1) is 6.92 Å². The summed E-state index contributed by atoms with van der Waals surface area (Å²) in [5.74, 6) is 0.765. The van der Waals surface area contributed by atoms with E-state index in [0.29, 0.717) is 30.9 Å². The van der Waals surface area contributed by atoms with Crippen LogP contribution in [0.25, 0.3) is 0 Å². The van der Waals surface area contributed by atoms with Crippen molar-refractivity contribution in [3.8, 4) is 0 Å². The van der Waals surface area contributed by atoms with Crippen LogP contribution in [-0.4, -0.2) is 28.8 Å². The van der Waals surface area contributed by atoms with Gasteiger partial charge in [0, 0.05) is 31.2 Å². The molecule has 0 bridgehead atoms. The molecule has 2 heterocycles. The minimum Gasteiger partial charge on any atom is -0.398 e. The summed E-state index contributed by atoms with van der Waals surface area (Å²) in [6.07, 6.45) is 3.56. The minimum absolute atomic E-state index is 0.275. The molecule has 2 aromatic rings. The van der Waals surface area contributed by atoms with Crippen LogP contribution < -0.4 is 5.73 Å². The maximum absolute atomic E-state index is 12.7. The highest BCUT2D eigenvalue weighted by Gasteiger charge is 2.30. The Morgan fingerprint density at radius 3 is 2.90 bits per heavy atom. The molecule has 6 nitrogen and oxygen atoms in total. The number of nitrogen functional groups attached to an aromatic ring is 1. The van der Waals surface area contributed by atoms with Gasteiger partial charge in [-0.25, -0.2) is 13.4 Å². The van der Waals surface area contributed by atoms with Gasteiger partial charge in [-0.05, 0) is 24.6 Å². The Morgan fingerprint density at radius 1 is 1.30 bits per heavy atom. The lowest BCUT2D eigenvalue weighted by molar-refractivity contribution is 0.335. The molecule has 0 radical (unpaired) electrons. The zero-order chi connectivity index (χ0) is 14.3. The van der Waals surface area contributed by atoms with E-state index in [1.165, 1.54) is 4.31 Å². The monoisotopic (exact) mass is 292 g/mol. The van der Waals surface area contributed by atoms with E-state index in [2.05, 4.69) is 4.98 Å². The smallest absolute Gasteiger partial charge is 0.243 e. The first kappa shape index (κ1) is 13.1. The Kier molecular flexibility index (Phi) is 3.02. The summed E-state index contributed by atoms with van der Waals surface area (Å²) in [6, 6.07) is 4.97. The van der Waals surface area contributed by atoms with Gasteiger partial charge in [-0.2, -0.15) is 4.31 Å². The van der Waals surface area contributed by atoms with Crippen LogP contribution in [0.4, 0.5) is 5.69 Å². The lowest BCUT2D eigenvalue weighted by atomic mass is 10.2. The van der Waals surface area contributed by atoms with E-state index in [4.69, 9.17) is 5.73 Å². The highest BCUT2D eigenvalue weighted by Crippen LogP contribution is 2.26. The van der Waals surface area contributed by atoms with Gasteiger partial charge in [0.1, 0.15) is 5.82 Å². The molecule has 106 valence electrons. The summed E-state index contributed by atoms with van der Waals surface area (Å²) < 4.78 is 28.9. The maximum atomic E-state index is 12.7. The molecule has 0 atom stereocenters. The third-order valence-corrected chi connectivity index (χ3v) is 5.64.